The van der Waals surface area contributed by atoms with Gasteiger partial charge in [-0.25, -0.2) is 0 Å². The molecule has 1 N–H and O–H groups in total. The fraction of sp³-hybridized carbons (Fsp3) is 0.250. The fourth-order valence-electron chi connectivity index (χ4n) is 2.94. The Morgan fingerprint density at radius 1 is 1.07 bits per heavy atom. The molecule has 161 valence electrons. The quantitative estimate of drug-likeness (QED) is 0.254. The molecule has 0 saturated carbocycles. The zero-order valence-electron chi connectivity index (χ0n) is 18.0. The number of aliphatic hydroxyl groups excluding tert-OH is 1. The summed E-state index contributed by atoms with van der Waals surface area (Å²) >= 11 is 0. The van der Waals surface area contributed by atoms with E-state index in [1.165, 1.54) is 25.5 Å². The van der Waals surface area contributed by atoms with Crippen LogP contribution in [-0.2, 0) is 24.9 Å². The number of rotatable bonds is 4. The molecule has 0 amide bonds. The zero-order chi connectivity index (χ0) is 21.6. The van der Waals surface area contributed by atoms with E-state index < -0.39 is 0 Å². The first-order valence-corrected chi connectivity index (χ1v) is 9.15. The maximum Gasteiger partial charge on any atom is 0.155 e. The third-order valence-electron chi connectivity index (χ3n) is 4.03. The Hall–Kier alpha value is -2.69. The average molecular weight is 585 g/mol. The Labute approximate surface area is 191 Å². The summed E-state index contributed by atoms with van der Waals surface area (Å²) in [5.74, 6) is 1.43. The SMILES string of the molecule is CC(=O)/C=C(/C)O.COc1cc(OC)c2ccc(-c3[c-]c(C)cc(C)c3)nc2c1.[Ir]. The first-order chi connectivity index (χ1) is 13.7. The first kappa shape index (κ1) is 25.3. The number of benzene rings is 2. The Morgan fingerprint density at radius 2 is 1.77 bits per heavy atom. The molecule has 30 heavy (non-hydrogen) atoms. The summed E-state index contributed by atoms with van der Waals surface area (Å²) in [6.45, 7) is 6.97. The van der Waals surface area contributed by atoms with Crippen LogP contribution in [0.3, 0.4) is 0 Å². The molecule has 1 aromatic heterocycles. The summed E-state index contributed by atoms with van der Waals surface area (Å²) in [6, 6.07) is 15.4. The van der Waals surface area contributed by atoms with E-state index in [2.05, 4.69) is 25.1 Å². The second-order valence-electron chi connectivity index (χ2n) is 6.74. The smallest absolute Gasteiger partial charge is 0.155 e. The van der Waals surface area contributed by atoms with Gasteiger partial charge in [-0.15, -0.1) is 34.9 Å². The van der Waals surface area contributed by atoms with Gasteiger partial charge >= 0.3 is 0 Å². The molecule has 0 fully saturated rings. The molecule has 3 aromatic rings. The second-order valence-corrected chi connectivity index (χ2v) is 6.74. The Morgan fingerprint density at radius 3 is 2.27 bits per heavy atom. The first-order valence-electron chi connectivity index (χ1n) is 9.15. The predicted molar refractivity (Wildman–Crippen MR) is 116 cm³/mol. The van der Waals surface area contributed by atoms with Gasteiger partial charge in [0.25, 0.3) is 0 Å². The minimum Gasteiger partial charge on any atom is -0.512 e. The van der Waals surface area contributed by atoms with Crippen molar-refractivity contribution < 1.29 is 39.5 Å². The van der Waals surface area contributed by atoms with E-state index >= 15 is 0 Å². The van der Waals surface area contributed by atoms with Crippen LogP contribution in [0.4, 0.5) is 0 Å². The Balaban J connectivity index is 0.000000489. The number of carbonyl (C=O) groups excluding carboxylic acids is 1. The molecule has 2 aromatic carbocycles. The molecule has 6 heteroatoms. The van der Waals surface area contributed by atoms with Crippen molar-refractivity contribution in [3.63, 3.8) is 0 Å². The van der Waals surface area contributed by atoms with Gasteiger partial charge in [0.05, 0.1) is 25.5 Å². The summed E-state index contributed by atoms with van der Waals surface area (Å²) in [6.07, 6.45) is 1.17. The van der Waals surface area contributed by atoms with Crippen molar-refractivity contribution in [2.24, 2.45) is 0 Å². The Kier molecular flexibility index (Phi) is 9.70. The van der Waals surface area contributed by atoms with Gasteiger partial charge in [-0.2, -0.15) is 0 Å². The number of aliphatic hydroxyl groups is 1. The molecule has 0 spiro atoms. The van der Waals surface area contributed by atoms with E-state index in [9.17, 15) is 4.79 Å². The number of ketones is 1. The Bertz CT molecular complexity index is 1040. The number of methoxy groups -OCH3 is 2. The van der Waals surface area contributed by atoms with Crippen LogP contribution in [0.15, 0.2) is 48.2 Å². The number of fused-ring (bicyclic) bond motifs is 1. The number of hydrogen-bond donors (Lipinski definition) is 1. The molecule has 1 radical (unpaired) electrons. The number of pyridine rings is 1. The molecular weight excluding hydrogens is 558 g/mol. The van der Waals surface area contributed by atoms with Gasteiger partial charge in [0.2, 0.25) is 0 Å². The van der Waals surface area contributed by atoms with Crippen molar-refractivity contribution in [3.05, 3.63) is 65.4 Å². The van der Waals surface area contributed by atoms with Crippen LogP contribution in [0, 0.1) is 19.9 Å². The molecule has 0 aliphatic carbocycles. The predicted octanol–water partition coefficient (Wildman–Crippen LogP) is 5.37. The molecule has 3 rings (SSSR count). The summed E-state index contributed by atoms with van der Waals surface area (Å²) in [5, 5.41) is 9.33. The van der Waals surface area contributed by atoms with Gasteiger partial charge in [-0.05, 0) is 19.5 Å². The molecular formula is C24H26IrNO4-. The van der Waals surface area contributed by atoms with Crippen LogP contribution in [0.2, 0.25) is 0 Å². The molecule has 0 aliphatic rings. The minimum atomic E-state index is -0.125. The fourth-order valence-corrected chi connectivity index (χ4v) is 2.94. The van der Waals surface area contributed by atoms with Crippen molar-refractivity contribution in [2.45, 2.75) is 27.7 Å². The van der Waals surface area contributed by atoms with Crippen LogP contribution in [0.1, 0.15) is 25.0 Å². The number of aromatic nitrogens is 1. The third kappa shape index (κ3) is 6.97. The number of allylic oxidation sites excluding steroid dienone is 2. The van der Waals surface area contributed by atoms with E-state index in [0.717, 1.165) is 39.2 Å². The van der Waals surface area contributed by atoms with Crippen LogP contribution < -0.4 is 9.47 Å². The number of hydrogen-bond acceptors (Lipinski definition) is 5. The maximum atomic E-state index is 10.0. The van der Waals surface area contributed by atoms with Gasteiger partial charge in [-0.1, -0.05) is 26.0 Å². The number of aryl methyl sites for hydroxylation is 2. The molecule has 5 nitrogen and oxygen atoms in total. The van der Waals surface area contributed by atoms with Crippen molar-refractivity contribution in [1.29, 1.82) is 0 Å². The van der Waals surface area contributed by atoms with Crippen molar-refractivity contribution >= 4 is 16.7 Å². The van der Waals surface area contributed by atoms with Crippen molar-refractivity contribution in [1.82, 2.24) is 4.98 Å². The molecule has 0 atom stereocenters. The number of nitrogens with zero attached hydrogens (tertiary/aromatic N) is 1. The van der Waals surface area contributed by atoms with E-state index in [1.807, 2.05) is 31.2 Å². The zero-order valence-corrected chi connectivity index (χ0v) is 20.4. The molecule has 0 saturated heterocycles. The van der Waals surface area contributed by atoms with Gasteiger partial charge in [0, 0.05) is 43.7 Å². The van der Waals surface area contributed by atoms with E-state index in [1.54, 1.807) is 14.2 Å². The molecule has 0 aliphatic heterocycles. The topological polar surface area (TPSA) is 68.7 Å². The van der Waals surface area contributed by atoms with E-state index in [0.29, 0.717) is 0 Å². The summed E-state index contributed by atoms with van der Waals surface area (Å²) in [7, 11) is 3.29. The number of carbonyl (C=O) groups is 1. The van der Waals surface area contributed by atoms with Crippen LogP contribution >= 0.6 is 0 Å². The molecule has 0 unspecified atom stereocenters. The van der Waals surface area contributed by atoms with Crippen molar-refractivity contribution in [2.75, 3.05) is 14.2 Å². The third-order valence-corrected chi connectivity index (χ3v) is 4.03. The minimum absolute atomic E-state index is 0. The van der Waals surface area contributed by atoms with E-state index in [-0.39, 0.29) is 31.6 Å². The van der Waals surface area contributed by atoms with Crippen LogP contribution in [0.25, 0.3) is 22.2 Å². The van der Waals surface area contributed by atoms with Crippen LogP contribution in [0.5, 0.6) is 11.5 Å². The standard InChI is InChI=1S/C19H18NO2.C5H8O2.Ir/c1-12-7-13(2)9-14(8-12)17-6-5-16-18(20-17)10-15(21-3)11-19(16)22-4;1-4(6)3-5(2)7;/h5-8,10-11H,1-4H3;3,6H,1-2H3;/q-1;;/b;4-3-;. The number of ether oxygens (including phenoxy) is 2. The summed E-state index contributed by atoms with van der Waals surface area (Å²) in [4.78, 5) is 14.8. The largest absolute Gasteiger partial charge is 0.512 e. The van der Waals surface area contributed by atoms with Gasteiger partial charge in [0.15, 0.2) is 5.78 Å². The van der Waals surface area contributed by atoms with Gasteiger partial charge in [0.1, 0.15) is 11.5 Å². The van der Waals surface area contributed by atoms with Crippen molar-refractivity contribution in [3.8, 4) is 22.8 Å². The van der Waals surface area contributed by atoms with Crippen LogP contribution in [-0.4, -0.2) is 30.1 Å². The van der Waals surface area contributed by atoms with Gasteiger partial charge < -0.3 is 14.6 Å². The monoisotopic (exact) mass is 585 g/mol. The second kappa shape index (κ2) is 11.5. The average Bonchev–Trinajstić information content (AvgIpc) is 2.65. The van der Waals surface area contributed by atoms with E-state index in [4.69, 9.17) is 19.6 Å². The van der Waals surface area contributed by atoms with Gasteiger partial charge in [-0.3, -0.25) is 9.78 Å². The molecule has 1 heterocycles. The maximum absolute atomic E-state index is 10.0. The summed E-state index contributed by atoms with van der Waals surface area (Å²) in [5.41, 5.74) is 5.06. The normalized spacial score (nSPS) is 10.5. The molecule has 0 bridgehead atoms. The summed E-state index contributed by atoms with van der Waals surface area (Å²) < 4.78 is 10.7.